The highest BCUT2D eigenvalue weighted by Gasteiger charge is 2.09. The normalized spacial score (nSPS) is 11.2. The highest BCUT2D eigenvalue weighted by atomic mass is 16.3. The maximum atomic E-state index is 5.60. The molecule has 1 N–H and O–H groups in total. The van der Waals surface area contributed by atoms with Crippen LogP contribution in [0.3, 0.4) is 0 Å². The van der Waals surface area contributed by atoms with Gasteiger partial charge in [0.15, 0.2) is 0 Å². The van der Waals surface area contributed by atoms with Crippen LogP contribution in [0.15, 0.2) is 16.7 Å². The number of aromatic nitrogens is 2. The Kier molecular flexibility index (Phi) is 4.43. The lowest BCUT2D eigenvalue weighted by Gasteiger charge is -2.01. The van der Waals surface area contributed by atoms with Gasteiger partial charge in [0.05, 0.1) is 18.5 Å². The van der Waals surface area contributed by atoms with Gasteiger partial charge in [-0.2, -0.15) is 5.10 Å². The number of aryl methyl sites for hydroxylation is 1. The molecule has 0 bridgehead atoms. The summed E-state index contributed by atoms with van der Waals surface area (Å²) in [5.41, 5.74) is 4.76. The van der Waals surface area contributed by atoms with Crippen LogP contribution < -0.4 is 5.32 Å². The Morgan fingerprint density at radius 3 is 2.74 bits per heavy atom. The summed E-state index contributed by atoms with van der Waals surface area (Å²) in [6.07, 6.45) is 2.98. The summed E-state index contributed by atoms with van der Waals surface area (Å²) < 4.78 is 7.61. The van der Waals surface area contributed by atoms with Gasteiger partial charge < -0.3 is 9.73 Å². The van der Waals surface area contributed by atoms with Crippen LogP contribution in [-0.4, -0.2) is 16.3 Å². The summed E-state index contributed by atoms with van der Waals surface area (Å²) in [6, 6.07) is 2.11. The second kappa shape index (κ2) is 6.06. The fourth-order valence-electron chi connectivity index (χ4n) is 2.10. The molecule has 0 radical (unpaired) electrons. The molecule has 2 heterocycles. The molecule has 0 amide bonds. The van der Waals surface area contributed by atoms with Crippen molar-refractivity contribution < 1.29 is 4.42 Å². The average molecular weight is 261 g/mol. The maximum Gasteiger partial charge on any atom is 0.125 e. The van der Waals surface area contributed by atoms with Crippen molar-refractivity contribution in [3.63, 3.8) is 0 Å². The van der Waals surface area contributed by atoms with Gasteiger partial charge in [0.25, 0.3) is 0 Å². The molecule has 2 rings (SSSR count). The molecule has 4 heteroatoms. The molecule has 0 spiro atoms. The Bertz CT molecular complexity index is 540. The average Bonchev–Trinajstić information content (AvgIpc) is 2.92. The quantitative estimate of drug-likeness (QED) is 0.813. The van der Waals surface area contributed by atoms with Gasteiger partial charge in [0, 0.05) is 17.8 Å². The van der Waals surface area contributed by atoms with Gasteiger partial charge in [-0.15, -0.1) is 0 Å². The summed E-state index contributed by atoms with van der Waals surface area (Å²) in [7, 11) is 0. The molecule has 0 saturated carbocycles. The minimum Gasteiger partial charge on any atom is -0.467 e. The standard InChI is InChI=1S/C15H23N3O/c1-5-6-16-8-14-7-15(19-10-14)9-18-13(4)11(2)12(3)17-18/h7,10,16H,5-6,8-9H2,1-4H3. The van der Waals surface area contributed by atoms with Gasteiger partial charge in [-0.25, -0.2) is 0 Å². The number of hydrogen-bond acceptors (Lipinski definition) is 3. The van der Waals surface area contributed by atoms with Gasteiger partial charge in [-0.05, 0) is 45.4 Å². The van der Waals surface area contributed by atoms with E-state index in [2.05, 4.69) is 37.3 Å². The van der Waals surface area contributed by atoms with E-state index in [1.165, 1.54) is 16.8 Å². The van der Waals surface area contributed by atoms with E-state index >= 15 is 0 Å². The van der Waals surface area contributed by atoms with E-state index in [9.17, 15) is 0 Å². The molecule has 2 aromatic heterocycles. The van der Waals surface area contributed by atoms with Gasteiger partial charge in [0.1, 0.15) is 5.76 Å². The van der Waals surface area contributed by atoms with Crippen LogP contribution in [0.1, 0.15) is 41.6 Å². The summed E-state index contributed by atoms with van der Waals surface area (Å²) >= 11 is 0. The summed E-state index contributed by atoms with van der Waals surface area (Å²) in [4.78, 5) is 0. The van der Waals surface area contributed by atoms with Crippen molar-refractivity contribution in [3.8, 4) is 0 Å². The molecule has 0 aliphatic carbocycles. The lowest BCUT2D eigenvalue weighted by molar-refractivity contribution is 0.474. The molecule has 0 fully saturated rings. The number of rotatable bonds is 6. The van der Waals surface area contributed by atoms with Crippen LogP contribution >= 0.6 is 0 Å². The number of hydrogen-bond donors (Lipinski definition) is 1. The van der Waals surface area contributed by atoms with E-state index in [1.807, 2.05) is 17.9 Å². The lowest BCUT2D eigenvalue weighted by atomic mass is 10.2. The van der Waals surface area contributed by atoms with Crippen molar-refractivity contribution >= 4 is 0 Å². The zero-order chi connectivity index (χ0) is 13.8. The predicted molar refractivity (Wildman–Crippen MR) is 76.2 cm³/mol. The Hall–Kier alpha value is -1.55. The van der Waals surface area contributed by atoms with Gasteiger partial charge >= 0.3 is 0 Å². The van der Waals surface area contributed by atoms with Crippen molar-refractivity contribution in [2.45, 2.75) is 47.2 Å². The van der Waals surface area contributed by atoms with Crippen LogP contribution in [0.5, 0.6) is 0 Å². The first-order valence-electron chi connectivity index (χ1n) is 6.89. The summed E-state index contributed by atoms with van der Waals surface area (Å²) in [5.74, 6) is 0.957. The zero-order valence-corrected chi connectivity index (χ0v) is 12.3. The maximum absolute atomic E-state index is 5.60. The third-order valence-electron chi connectivity index (χ3n) is 3.51. The highest BCUT2D eigenvalue weighted by molar-refractivity contribution is 5.23. The molecule has 0 aliphatic rings. The van der Waals surface area contributed by atoms with E-state index in [1.54, 1.807) is 0 Å². The highest BCUT2D eigenvalue weighted by Crippen LogP contribution is 2.15. The van der Waals surface area contributed by atoms with Gasteiger partial charge in [0.2, 0.25) is 0 Å². The van der Waals surface area contributed by atoms with Crippen molar-refractivity contribution in [1.82, 2.24) is 15.1 Å². The van der Waals surface area contributed by atoms with Crippen LogP contribution in [0, 0.1) is 20.8 Å². The Labute approximate surface area is 114 Å². The summed E-state index contributed by atoms with van der Waals surface area (Å²) in [5, 5.41) is 7.90. The molecular formula is C15H23N3O. The van der Waals surface area contributed by atoms with E-state index in [0.29, 0.717) is 6.54 Å². The molecule has 0 atom stereocenters. The minimum atomic E-state index is 0.703. The van der Waals surface area contributed by atoms with Gasteiger partial charge in [-0.1, -0.05) is 6.92 Å². The van der Waals surface area contributed by atoms with Crippen molar-refractivity contribution in [2.75, 3.05) is 6.54 Å². The molecule has 2 aromatic rings. The van der Waals surface area contributed by atoms with Crippen LogP contribution in [0.4, 0.5) is 0 Å². The number of nitrogens with zero attached hydrogens (tertiary/aromatic N) is 2. The third-order valence-corrected chi connectivity index (χ3v) is 3.51. The van der Waals surface area contributed by atoms with Crippen LogP contribution in [0.25, 0.3) is 0 Å². The minimum absolute atomic E-state index is 0.703. The number of furan rings is 1. The third kappa shape index (κ3) is 3.26. The topological polar surface area (TPSA) is 43.0 Å². The van der Waals surface area contributed by atoms with Gasteiger partial charge in [-0.3, -0.25) is 4.68 Å². The molecule has 0 aromatic carbocycles. The largest absolute Gasteiger partial charge is 0.467 e. The molecule has 19 heavy (non-hydrogen) atoms. The first kappa shape index (κ1) is 13.9. The Morgan fingerprint density at radius 1 is 1.32 bits per heavy atom. The Balaban J connectivity index is 2.01. The predicted octanol–water partition coefficient (Wildman–Crippen LogP) is 2.95. The SMILES string of the molecule is CCCNCc1coc(Cn2nc(C)c(C)c2C)c1. The number of nitrogens with one attached hydrogen (secondary N) is 1. The molecule has 0 aliphatic heterocycles. The first-order chi connectivity index (χ1) is 9.11. The Morgan fingerprint density at radius 2 is 2.11 bits per heavy atom. The zero-order valence-electron chi connectivity index (χ0n) is 12.3. The summed E-state index contributed by atoms with van der Waals surface area (Å²) in [6.45, 7) is 11.0. The van der Waals surface area contributed by atoms with Crippen molar-refractivity contribution in [3.05, 3.63) is 40.6 Å². The van der Waals surface area contributed by atoms with E-state index in [4.69, 9.17) is 4.42 Å². The fraction of sp³-hybridized carbons (Fsp3) is 0.533. The van der Waals surface area contributed by atoms with Crippen LogP contribution in [0.2, 0.25) is 0 Å². The first-order valence-corrected chi connectivity index (χ1v) is 6.89. The van der Waals surface area contributed by atoms with Crippen LogP contribution in [-0.2, 0) is 13.1 Å². The second-order valence-corrected chi connectivity index (χ2v) is 5.05. The monoisotopic (exact) mass is 261 g/mol. The molecule has 104 valence electrons. The van der Waals surface area contributed by atoms with Crippen molar-refractivity contribution in [2.24, 2.45) is 0 Å². The molecule has 0 unspecified atom stereocenters. The van der Waals surface area contributed by atoms with E-state index in [0.717, 1.165) is 31.0 Å². The molecule has 0 saturated heterocycles. The molecular weight excluding hydrogens is 238 g/mol. The second-order valence-electron chi connectivity index (χ2n) is 5.05. The smallest absolute Gasteiger partial charge is 0.125 e. The fourth-order valence-corrected chi connectivity index (χ4v) is 2.10. The molecule has 4 nitrogen and oxygen atoms in total. The van der Waals surface area contributed by atoms with E-state index < -0.39 is 0 Å². The van der Waals surface area contributed by atoms with E-state index in [-0.39, 0.29) is 0 Å². The van der Waals surface area contributed by atoms with Crippen molar-refractivity contribution in [1.29, 1.82) is 0 Å². The lowest BCUT2D eigenvalue weighted by Crippen LogP contribution is -2.13.